The average Bonchev–Trinajstić information content (AvgIpc) is 3.25. The number of imidazole rings is 1. The molecule has 1 aliphatic heterocycles. The number of hydrogen-bond donors (Lipinski definition) is 1. The zero-order chi connectivity index (χ0) is 22.2. The van der Waals surface area contributed by atoms with Crippen molar-refractivity contribution in [2.75, 3.05) is 17.3 Å². The molecule has 0 aliphatic carbocycles. The van der Waals surface area contributed by atoms with Crippen LogP contribution in [0.5, 0.6) is 0 Å². The highest BCUT2D eigenvalue weighted by Crippen LogP contribution is 2.30. The fraction of sp³-hybridized carbons (Fsp3) is 0.263. The van der Waals surface area contributed by atoms with Crippen molar-refractivity contribution in [3.8, 4) is 5.69 Å². The average molecular weight is 465 g/mol. The molecule has 162 valence electrons. The summed E-state index contributed by atoms with van der Waals surface area (Å²) >= 11 is 1.10. The van der Waals surface area contributed by atoms with Crippen molar-refractivity contribution < 1.29 is 22.5 Å². The van der Waals surface area contributed by atoms with Gasteiger partial charge in [0.25, 0.3) is 5.69 Å². The zero-order valence-corrected chi connectivity index (χ0v) is 17.7. The molecule has 1 aromatic heterocycles. The molecule has 1 aliphatic rings. The highest BCUT2D eigenvalue weighted by Gasteiger charge is 2.29. The van der Waals surface area contributed by atoms with Crippen molar-refractivity contribution in [3.05, 3.63) is 58.4 Å². The third kappa shape index (κ3) is 4.69. The summed E-state index contributed by atoms with van der Waals surface area (Å²) in [4.78, 5) is 27.3. The number of nitrogens with one attached hydrogen (secondary N) is 1. The number of rotatable bonds is 6. The maximum atomic E-state index is 13.4. The summed E-state index contributed by atoms with van der Waals surface area (Å²) in [5.41, 5.74) is 1.40. The summed E-state index contributed by atoms with van der Waals surface area (Å²) in [6, 6.07) is 9.50. The normalized spacial score (nSPS) is 17.6. The van der Waals surface area contributed by atoms with Gasteiger partial charge in [-0.1, -0.05) is 11.8 Å². The third-order valence-corrected chi connectivity index (χ3v) is 7.54. The SMILES string of the molecule is O=C(CSc1nc2cc([N+](=O)[O-])ccc2n1-c1ccc(F)cc1)N[C@@H]1CCS(=O)(=O)C1. The van der Waals surface area contributed by atoms with Crippen LogP contribution >= 0.6 is 11.8 Å². The molecule has 0 saturated carbocycles. The van der Waals surface area contributed by atoms with Gasteiger partial charge in [-0.05, 0) is 36.8 Å². The van der Waals surface area contributed by atoms with Gasteiger partial charge in [-0.2, -0.15) is 0 Å². The lowest BCUT2D eigenvalue weighted by Gasteiger charge is -2.11. The fourth-order valence-corrected chi connectivity index (χ4v) is 5.92. The van der Waals surface area contributed by atoms with E-state index in [1.54, 1.807) is 22.8 Å². The van der Waals surface area contributed by atoms with E-state index < -0.39 is 26.6 Å². The first-order chi connectivity index (χ1) is 14.7. The quantitative estimate of drug-likeness (QED) is 0.338. The lowest BCUT2D eigenvalue weighted by Crippen LogP contribution is -2.36. The largest absolute Gasteiger partial charge is 0.352 e. The second-order valence-corrected chi connectivity index (χ2v) is 10.3. The first kappa shape index (κ1) is 21.2. The molecule has 31 heavy (non-hydrogen) atoms. The number of non-ortho nitro benzene ring substituents is 1. The van der Waals surface area contributed by atoms with Gasteiger partial charge in [-0.25, -0.2) is 17.8 Å². The smallest absolute Gasteiger partial charge is 0.271 e. The molecule has 1 amide bonds. The van der Waals surface area contributed by atoms with Crippen LogP contribution in [0.25, 0.3) is 16.7 Å². The van der Waals surface area contributed by atoms with E-state index in [0.717, 1.165) is 11.8 Å². The number of benzene rings is 2. The minimum absolute atomic E-state index is 0.0246. The van der Waals surface area contributed by atoms with Crippen LogP contribution in [0.2, 0.25) is 0 Å². The molecular formula is C19H17FN4O5S2. The molecule has 4 rings (SSSR count). The van der Waals surface area contributed by atoms with Crippen molar-refractivity contribution in [1.29, 1.82) is 0 Å². The number of amides is 1. The van der Waals surface area contributed by atoms with Crippen molar-refractivity contribution >= 4 is 44.2 Å². The molecule has 1 fully saturated rings. The fourth-order valence-electron chi connectivity index (χ4n) is 3.40. The number of halogens is 1. The molecule has 2 heterocycles. The van der Waals surface area contributed by atoms with Crippen LogP contribution in [-0.4, -0.2) is 52.1 Å². The topological polar surface area (TPSA) is 124 Å². The van der Waals surface area contributed by atoms with Crippen LogP contribution in [0.1, 0.15) is 6.42 Å². The Balaban J connectivity index is 1.61. The van der Waals surface area contributed by atoms with Gasteiger partial charge in [0.2, 0.25) is 5.91 Å². The third-order valence-electron chi connectivity index (χ3n) is 4.83. The van der Waals surface area contributed by atoms with E-state index in [-0.39, 0.29) is 28.9 Å². The van der Waals surface area contributed by atoms with Gasteiger partial charge in [0, 0.05) is 23.9 Å². The molecule has 2 aromatic carbocycles. The van der Waals surface area contributed by atoms with E-state index in [1.807, 2.05) is 0 Å². The number of carbonyl (C=O) groups excluding carboxylic acids is 1. The Bertz CT molecular complexity index is 1270. The molecular weight excluding hydrogens is 447 g/mol. The highest BCUT2D eigenvalue weighted by atomic mass is 32.2. The maximum absolute atomic E-state index is 13.4. The molecule has 1 N–H and O–H groups in total. The Hall–Kier alpha value is -2.99. The Morgan fingerprint density at radius 2 is 2.03 bits per heavy atom. The van der Waals surface area contributed by atoms with E-state index in [4.69, 9.17) is 0 Å². The summed E-state index contributed by atoms with van der Waals surface area (Å²) in [5, 5.41) is 14.2. The summed E-state index contributed by atoms with van der Waals surface area (Å²) in [6.45, 7) is 0. The van der Waals surface area contributed by atoms with Crippen LogP contribution in [0.4, 0.5) is 10.1 Å². The zero-order valence-electron chi connectivity index (χ0n) is 16.0. The molecule has 0 unspecified atom stereocenters. The molecule has 0 bridgehead atoms. The number of nitrogens with zero attached hydrogens (tertiary/aromatic N) is 3. The molecule has 1 atom stereocenters. The van der Waals surface area contributed by atoms with Gasteiger partial charge in [0.05, 0.1) is 33.2 Å². The number of nitro benzene ring substituents is 1. The maximum Gasteiger partial charge on any atom is 0.271 e. The Labute approximate surface area is 180 Å². The Morgan fingerprint density at radius 3 is 2.68 bits per heavy atom. The molecule has 12 heteroatoms. The van der Waals surface area contributed by atoms with E-state index >= 15 is 0 Å². The number of sulfone groups is 1. The molecule has 9 nitrogen and oxygen atoms in total. The Kier molecular flexibility index (Phi) is 5.67. The molecule has 3 aromatic rings. The number of carbonyl (C=O) groups is 1. The second kappa shape index (κ2) is 8.27. The van der Waals surface area contributed by atoms with Crippen molar-refractivity contribution in [1.82, 2.24) is 14.9 Å². The van der Waals surface area contributed by atoms with Crippen LogP contribution in [0.15, 0.2) is 47.6 Å². The second-order valence-electron chi connectivity index (χ2n) is 7.09. The lowest BCUT2D eigenvalue weighted by molar-refractivity contribution is -0.384. The number of thioether (sulfide) groups is 1. The summed E-state index contributed by atoms with van der Waals surface area (Å²) in [7, 11) is -3.11. The first-order valence-electron chi connectivity index (χ1n) is 9.27. The standard InChI is InChI=1S/C19H17FN4O5S2/c20-12-1-3-14(4-2-12)23-17-6-5-15(24(26)27)9-16(17)22-19(23)30-10-18(25)21-13-7-8-31(28,29)11-13/h1-6,9,13H,7-8,10-11H2,(H,21,25)/t13-/m1/s1. The van der Waals surface area contributed by atoms with E-state index in [9.17, 15) is 27.7 Å². The first-order valence-corrected chi connectivity index (χ1v) is 12.1. The van der Waals surface area contributed by atoms with Crippen LogP contribution in [0, 0.1) is 15.9 Å². The predicted octanol–water partition coefficient (Wildman–Crippen LogP) is 2.47. The van der Waals surface area contributed by atoms with Crippen LogP contribution in [0.3, 0.4) is 0 Å². The number of fused-ring (bicyclic) bond motifs is 1. The predicted molar refractivity (Wildman–Crippen MR) is 114 cm³/mol. The van der Waals surface area contributed by atoms with E-state index in [1.165, 1.54) is 24.3 Å². The number of aromatic nitrogens is 2. The van der Waals surface area contributed by atoms with Crippen LogP contribution in [-0.2, 0) is 14.6 Å². The van der Waals surface area contributed by atoms with Gasteiger partial charge in [0.1, 0.15) is 5.82 Å². The Morgan fingerprint density at radius 1 is 1.29 bits per heavy atom. The lowest BCUT2D eigenvalue weighted by atomic mass is 10.2. The minimum atomic E-state index is -3.11. The summed E-state index contributed by atoms with van der Waals surface area (Å²) in [6.07, 6.45) is 0.385. The highest BCUT2D eigenvalue weighted by molar-refractivity contribution is 7.99. The van der Waals surface area contributed by atoms with Gasteiger partial charge in [-0.3, -0.25) is 19.5 Å². The minimum Gasteiger partial charge on any atom is -0.352 e. The molecule has 0 spiro atoms. The van der Waals surface area contributed by atoms with Crippen molar-refractivity contribution in [2.24, 2.45) is 0 Å². The number of hydrogen-bond acceptors (Lipinski definition) is 7. The molecule has 0 radical (unpaired) electrons. The van der Waals surface area contributed by atoms with E-state index in [0.29, 0.717) is 28.3 Å². The van der Waals surface area contributed by atoms with Gasteiger partial charge < -0.3 is 5.32 Å². The van der Waals surface area contributed by atoms with Gasteiger partial charge in [0.15, 0.2) is 15.0 Å². The number of nitro groups is 1. The van der Waals surface area contributed by atoms with Crippen LogP contribution < -0.4 is 5.32 Å². The van der Waals surface area contributed by atoms with E-state index in [2.05, 4.69) is 10.3 Å². The summed E-state index contributed by atoms with van der Waals surface area (Å²) in [5.74, 6) is -0.783. The monoisotopic (exact) mass is 464 g/mol. The van der Waals surface area contributed by atoms with Gasteiger partial charge in [-0.15, -0.1) is 0 Å². The molecule has 1 saturated heterocycles. The summed E-state index contributed by atoms with van der Waals surface area (Å²) < 4.78 is 38.2. The van der Waals surface area contributed by atoms with Crippen molar-refractivity contribution in [3.63, 3.8) is 0 Å². The van der Waals surface area contributed by atoms with Crippen molar-refractivity contribution in [2.45, 2.75) is 17.6 Å². The van der Waals surface area contributed by atoms with Gasteiger partial charge >= 0.3 is 0 Å².